The molecule has 1 aliphatic carbocycles. The Kier molecular flexibility index (Phi) is 5.94. The van der Waals surface area contributed by atoms with Crippen LogP contribution in [0.2, 0.25) is 0 Å². The molecule has 0 amide bonds. The maximum Gasteiger partial charge on any atom is -0.0276 e. The third-order valence-electron chi connectivity index (χ3n) is 4.89. The Balaban J connectivity index is 1.67. The largest absolute Gasteiger partial charge is 0.0654 e. The molecular weight excluding hydrogens is 228 g/mol. The molecule has 0 aliphatic heterocycles. The Morgan fingerprint density at radius 2 is 1.47 bits per heavy atom. The van der Waals surface area contributed by atoms with Gasteiger partial charge < -0.3 is 0 Å². The minimum atomic E-state index is 0.999. The highest BCUT2D eigenvalue weighted by molar-refractivity contribution is 5.21. The van der Waals surface area contributed by atoms with Gasteiger partial charge in [-0.25, -0.2) is 0 Å². The standard InChI is InChI=1S/C19H30/c1-3-4-5-17-10-12-19(13-11-17)15-14-18-8-6-16(2)7-9-18/h6-9,17,19H,3-5,10-15H2,1-2H3. The van der Waals surface area contributed by atoms with Gasteiger partial charge in [0.15, 0.2) is 0 Å². The number of benzene rings is 1. The molecule has 0 bridgehead atoms. The average Bonchev–Trinajstić information content (AvgIpc) is 2.46. The van der Waals surface area contributed by atoms with E-state index in [1.165, 1.54) is 68.9 Å². The predicted octanol–water partition coefficient (Wildman–Crippen LogP) is 5.92. The van der Waals surface area contributed by atoms with E-state index in [1.807, 2.05) is 0 Å². The molecule has 0 heteroatoms. The van der Waals surface area contributed by atoms with E-state index in [-0.39, 0.29) is 0 Å². The van der Waals surface area contributed by atoms with Gasteiger partial charge in [0.1, 0.15) is 0 Å². The van der Waals surface area contributed by atoms with Crippen LogP contribution in [0.25, 0.3) is 0 Å². The van der Waals surface area contributed by atoms with Gasteiger partial charge in [-0.15, -0.1) is 0 Å². The first-order valence-electron chi connectivity index (χ1n) is 8.33. The van der Waals surface area contributed by atoms with Gasteiger partial charge in [-0.05, 0) is 37.2 Å². The SMILES string of the molecule is CCCCC1CCC(CCc2ccc(C)cc2)CC1. The summed E-state index contributed by atoms with van der Waals surface area (Å²) in [4.78, 5) is 0. The molecule has 0 N–H and O–H groups in total. The van der Waals surface area contributed by atoms with Crippen LogP contribution in [0, 0.1) is 18.8 Å². The molecule has 0 aromatic heterocycles. The predicted molar refractivity (Wildman–Crippen MR) is 84.5 cm³/mol. The number of rotatable bonds is 6. The lowest BCUT2D eigenvalue weighted by Crippen LogP contribution is -2.15. The molecule has 1 aliphatic rings. The molecule has 0 heterocycles. The van der Waals surface area contributed by atoms with Crippen molar-refractivity contribution in [3.05, 3.63) is 35.4 Å². The van der Waals surface area contributed by atoms with Gasteiger partial charge in [0.05, 0.1) is 0 Å². The second-order valence-electron chi connectivity index (χ2n) is 6.55. The van der Waals surface area contributed by atoms with Crippen LogP contribution in [-0.4, -0.2) is 0 Å². The normalized spacial score (nSPS) is 23.5. The van der Waals surface area contributed by atoms with Crippen molar-refractivity contribution in [1.82, 2.24) is 0 Å². The Morgan fingerprint density at radius 1 is 0.895 bits per heavy atom. The van der Waals surface area contributed by atoms with Gasteiger partial charge in [-0.2, -0.15) is 0 Å². The second kappa shape index (κ2) is 7.72. The fourth-order valence-electron chi connectivity index (χ4n) is 3.43. The molecule has 1 saturated carbocycles. The van der Waals surface area contributed by atoms with E-state index in [9.17, 15) is 0 Å². The minimum Gasteiger partial charge on any atom is -0.0654 e. The van der Waals surface area contributed by atoms with Crippen molar-refractivity contribution >= 4 is 0 Å². The molecule has 0 radical (unpaired) electrons. The quantitative estimate of drug-likeness (QED) is 0.593. The number of aryl methyl sites for hydroxylation is 2. The summed E-state index contributed by atoms with van der Waals surface area (Å²) in [5, 5.41) is 0. The molecule has 1 fully saturated rings. The second-order valence-corrected chi connectivity index (χ2v) is 6.55. The molecule has 0 spiro atoms. The minimum absolute atomic E-state index is 0.999. The summed E-state index contributed by atoms with van der Waals surface area (Å²) in [6.07, 6.45) is 13.0. The van der Waals surface area contributed by atoms with Crippen molar-refractivity contribution in [2.24, 2.45) is 11.8 Å². The topological polar surface area (TPSA) is 0 Å². The van der Waals surface area contributed by atoms with E-state index in [0.717, 1.165) is 11.8 Å². The van der Waals surface area contributed by atoms with Gasteiger partial charge in [-0.3, -0.25) is 0 Å². The number of hydrogen-bond donors (Lipinski definition) is 0. The Labute approximate surface area is 119 Å². The van der Waals surface area contributed by atoms with Crippen LogP contribution in [0.15, 0.2) is 24.3 Å². The summed E-state index contributed by atoms with van der Waals surface area (Å²) in [5.74, 6) is 2.05. The van der Waals surface area contributed by atoms with Crippen LogP contribution < -0.4 is 0 Å². The van der Waals surface area contributed by atoms with Crippen LogP contribution in [-0.2, 0) is 6.42 Å². The fraction of sp³-hybridized carbons (Fsp3) is 0.684. The summed E-state index contributed by atoms with van der Waals surface area (Å²) < 4.78 is 0. The Morgan fingerprint density at radius 3 is 2.05 bits per heavy atom. The maximum atomic E-state index is 2.31. The Bertz CT molecular complexity index is 341. The van der Waals surface area contributed by atoms with Gasteiger partial charge >= 0.3 is 0 Å². The van der Waals surface area contributed by atoms with Crippen molar-refractivity contribution in [2.45, 2.75) is 71.6 Å². The van der Waals surface area contributed by atoms with Gasteiger partial charge in [0.25, 0.3) is 0 Å². The average molecular weight is 258 g/mol. The molecule has 106 valence electrons. The zero-order chi connectivity index (χ0) is 13.5. The lowest BCUT2D eigenvalue weighted by molar-refractivity contribution is 0.250. The summed E-state index contributed by atoms with van der Waals surface area (Å²) in [6.45, 7) is 4.48. The van der Waals surface area contributed by atoms with Crippen LogP contribution in [0.1, 0.15) is 69.4 Å². The van der Waals surface area contributed by atoms with Crippen LogP contribution in [0.4, 0.5) is 0 Å². The monoisotopic (exact) mass is 258 g/mol. The molecule has 1 aromatic rings. The van der Waals surface area contributed by atoms with Crippen molar-refractivity contribution in [3.8, 4) is 0 Å². The van der Waals surface area contributed by atoms with Crippen molar-refractivity contribution < 1.29 is 0 Å². The number of hydrogen-bond acceptors (Lipinski definition) is 0. The number of unbranched alkanes of at least 4 members (excludes halogenated alkanes) is 1. The fourth-order valence-corrected chi connectivity index (χ4v) is 3.43. The van der Waals surface area contributed by atoms with E-state index in [2.05, 4.69) is 38.1 Å². The molecule has 1 aromatic carbocycles. The molecule has 19 heavy (non-hydrogen) atoms. The van der Waals surface area contributed by atoms with E-state index < -0.39 is 0 Å². The summed E-state index contributed by atoms with van der Waals surface area (Å²) in [7, 11) is 0. The van der Waals surface area contributed by atoms with E-state index in [0.29, 0.717) is 0 Å². The zero-order valence-electron chi connectivity index (χ0n) is 12.8. The molecule has 0 saturated heterocycles. The Hall–Kier alpha value is -0.780. The smallest absolute Gasteiger partial charge is 0.0276 e. The first-order valence-corrected chi connectivity index (χ1v) is 8.33. The van der Waals surface area contributed by atoms with Gasteiger partial charge in [-0.1, -0.05) is 81.7 Å². The summed E-state index contributed by atoms with van der Waals surface area (Å²) in [5.41, 5.74) is 2.90. The van der Waals surface area contributed by atoms with Gasteiger partial charge in [0, 0.05) is 0 Å². The van der Waals surface area contributed by atoms with Gasteiger partial charge in [0.2, 0.25) is 0 Å². The van der Waals surface area contributed by atoms with E-state index >= 15 is 0 Å². The van der Waals surface area contributed by atoms with Crippen molar-refractivity contribution in [1.29, 1.82) is 0 Å². The molecule has 2 rings (SSSR count). The third kappa shape index (κ3) is 5.01. The highest BCUT2D eigenvalue weighted by Gasteiger charge is 2.20. The lowest BCUT2D eigenvalue weighted by Gasteiger charge is -2.28. The first-order chi connectivity index (χ1) is 9.28. The van der Waals surface area contributed by atoms with Crippen LogP contribution in [0.3, 0.4) is 0 Å². The highest BCUT2D eigenvalue weighted by atomic mass is 14.3. The van der Waals surface area contributed by atoms with E-state index in [1.54, 1.807) is 0 Å². The molecule has 0 unspecified atom stereocenters. The summed E-state index contributed by atoms with van der Waals surface area (Å²) >= 11 is 0. The molecule has 0 nitrogen and oxygen atoms in total. The van der Waals surface area contributed by atoms with E-state index in [4.69, 9.17) is 0 Å². The highest BCUT2D eigenvalue weighted by Crippen LogP contribution is 2.34. The summed E-state index contributed by atoms with van der Waals surface area (Å²) in [6, 6.07) is 9.11. The van der Waals surface area contributed by atoms with Crippen LogP contribution in [0.5, 0.6) is 0 Å². The molecular formula is C19H30. The molecule has 0 atom stereocenters. The first kappa shape index (κ1) is 14.6. The maximum absolute atomic E-state index is 2.31. The third-order valence-corrected chi connectivity index (χ3v) is 4.89. The zero-order valence-corrected chi connectivity index (χ0v) is 12.8. The van der Waals surface area contributed by atoms with Crippen molar-refractivity contribution in [2.75, 3.05) is 0 Å². The van der Waals surface area contributed by atoms with Crippen molar-refractivity contribution in [3.63, 3.8) is 0 Å². The lowest BCUT2D eigenvalue weighted by atomic mass is 9.78. The van der Waals surface area contributed by atoms with Crippen LogP contribution >= 0.6 is 0 Å².